The lowest BCUT2D eigenvalue weighted by Crippen LogP contribution is -1.96. The molecule has 0 radical (unpaired) electrons. The van der Waals surface area contributed by atoms with Crippen molar-refractivity contribution in [3.8, 4) is 95.7 Å². The zero-order valence-electron chi connectivity index (χ0n) is 36.3. The molecule has 314 valence electrons. The summed E-state index contributed by atoms with van der Waals surface area (Å²) < 4.78 is 2.37. The third-order valence-corrected chi connectivity index (χ3v) is 12.4. The van der Waals surface area contributed by atoms with Crippen molar-refractivity contribution in [3.63, 3.8) is 0 Å². The molecule has 0 saturated carbocycles. The van der Waals surface area contributed by atoms with E-state index in [2.05, 4.69) is 154 Å². The largest absolute Gasteiger partial charge is 0.309 e. The van der Waals surface area contributed by atoms with Crippen LogP contribution >= 0.6 is 0 Å². The van der Waals surface area contributed by atoms with Gasteiger partial charge in [0.2, 0.25) is 0 Å². The second-order valence-electron chi connectivity index (χ2n) is 16.5. The molecule has 0 aliphatic heterocycles. The predicted octanol–water partition coefficient (Wildman–Crippen LogP) is 15.1. The van der Waals surface area contributed by atoms with Crippen LogP contribution in [0.15, 0.2) is 243 Å². The minimum atomic E-state index is 0.666. The molecule has 0 N–H and O–H groups in total. The van der Waals surface area contributed by atoms with E-state index >= 15 is 0 Å². The molecule has 0 spiro atoms. The van der Waals surface area contributed by atoms with Crippen molar-refractivity contribution in [3.05, 3.63) is 243 Å². The quantitative estimate of drug-likeness (QED) is 0.145. The number of hydrogen-bond donors (Lipinski definition) is 0. The first-order valence-electron chi connectivity index (χ1n) is 22.4. The molecule has 0 aliphatic carbocycles. The van der Waals surface area contributed by atoms with Gasteiger partial charge in [-0.3, -0.25) is 9.97 Å². The lowest BCUT2D eigenvalue weighted by molar-refractivity contribution is 1.16. The first kappa shape index (κ1) is 39.5. The Morgan fingerprint density at radius 2 is 0.672 bits per heavy atom. The molecule has 6 nitrogen and oxygen atoms in total. The maximum absolute atomic E-state index is 5.04. The van der Waals surface area contributed by atoms with Gasteiger partial charge in [0, 0.05) is 45.5 Å². The van der Waals surface area contributed by atoms with E-state index in [1.807, 2.05) is 97.2 Å². The molecule has 12 aromatic rings. The molecule has 0 atom stereocenters. The third kappa shape index (κ3) is 7.73. The smallest absolute Gasteiger partial charge is 0.160 e. The Bertz CT molecular complexity index is 3350. The highest BCUT2D eigenvalue weighted by atomic mass is 15.0. The average molecular weight is 857 g/mol. The van der Waals surface area contributed by atoms with E-state index < -0.39 is 0 Å². The summed E-state index contributed by atoms with van der Waals surface area (Å²) >= 11 is 0. The fourth-order valence-corrected chi connectivity index (χ4v) is 8.98. The average Bonchev–Trinajstić information content (AvgIpc) is 3.75. The molecule has 6 heteroatoms. The number of nitrogens with zero attached hydrogens (tertiary/aromatic N) is 6. The van der Waals surface area contributed by atoms with E-state index in [1.165, 1.54) is 10.8 Å². The highest BCUT2D eigenvalue weighted by molar-refractivity contribution is 6.11. The van der Waals surface area contributed by atoms with Crippen LogP contribution in [0.4, 0.5) is 0 Å². The Labute approximate surface area is 388 Å². The minimum absolute atomic E-state index is 0.666. The molecule has 0 fully saturated rings. The molecule has 5 aromatic heterocycles. The maximum Gasteiger partial charge on any atom is 0.160 e. The number of benzene rings is 7. The van der Waals surface area contributed by atoms with E-state index in [0.717, 1.165) is 101 Å². The zero-order valence-corrected chi connectivity index (χ0v) is 36.3. The summed E-state index contributed by atoms with van der Waals surface area (Å²) in [6.45, 7) is 0. The normalized spacial score (nSPS) is 11.3. The highest BCUT2D eigenvalue weighted by Crippen LogP contribution is 2.39. The van der Waals surface area contributed by atoms with E-state index in [9.17, 15) is 0 Å². The van der Waals surface area contributed by atoms with Gasteiger partial charge < -0.3 is 4.57 Å². The van der Waals surface area contributed by atoms with Crippen LogP contribution in [0.2, 0.25) is 0 Å². The minimum Gasteiger partial charge on any atom is -0.309 e. The lowest BCUT2D eigenvalue weighted by Gasteiger charge is -2.11. The van der Waals surface area contributed by atoms with Crippen LogP contribution < -0.4 is 0 Å². The summed E-state index contributed by atoms with van der Waals surface area (Å²) in [5, 5.41) is 2.38. The Balaban J connectivity index is 0.916. The highest BCUT2D eigenvalue weighted by Gasteiger charge is 2.17. The summed E-state index contributed by atoms with van der Waals surface area (Å²) in [4.78, 5) is 24.2. The van der Waals surface area contributed by atoms with Gasteiger partial charge >= 0.3 is 0 Å². The van der Waals surface area contributed by atoms with Crippen molar-refractivity contribution in [1.82, 2.24) is 29.5 Å². The first-order valence-corrected chi connectivity index (χ1v) is 22.4. The number of fused-ring (bicyclic) bond motifs is 3. The summed E-state index contributed by atoms with van der Waals surface area (Å²) in [6, 6.07) is 80.5. The van der Waals surface area contributed by atoms with Gasteiger partial charge in [0.15, 0.2) is 5.82 Å². The van der Waals surface area contributed by atoms with Crippen LogP contribution in [0, 0.1) is 0 Å². The summed E-state index contributed by atoms with van der Waals surface area (Å²) in [6.07, 6.45) is 3.61. The van der Waals surface area contributed by atoms with Crippen molar-refractivity contribution < 1.29 is 0 Å². The molecule has 0 aliphatic rings. The van der Waals surface area contributed by atoms with Crippen LogP contribution in [-0.2, 0) is 0 Å². The van der Waals surface area contributed by atoms with Gasteiger partial charge in [-0.1, -0.05) is 152 Å². The Hall–Kier alpha value is -9.13. The van der Waals surface area contributed by atoms with Crippen LogP contribution in [0.3, 0.4) is 0 Å². The Morgan fingerprint density at radius 3 is 1.22 bits per heavy atom. The Morgan fingerprint density at radius 1 is 0.254 bits per heavy atom. The number of hydrogen-bond acceptors (Lipinski definition) is 5. The van der Waals surface area contributed by atoms with Crippen molar-refractivity contribution in [2.45, 2.75) is 0 Å². The van der Waals surface area contributed by atoms with E-state index in [-0.39, 0.29) is 0 Å². The van der Waals surface area contributed by atoms with Gasteiger partial charge in [-0.25, -0.2) is 15.0 Å². The van der Waals surface area contributed by atoms with Crippen LogP contribution in [0.25, 0.3) is 118 Å². The summed E-state index contributed by atoms with van der Waals surface area (Å²) in [7, 11) is 0. The molecule has 67 heavy (non-hydrogen) atoms. The topological polar surface area (TPSA) is 69.4 Å². The van der Waals surface area contributed by atoms with Crippen LogP contribution in [-0.4, -0.2) is 29.5 Å². The summed E-state index contributed by atoms with van der Waals surface area (Å²) in [5.41, 5.74) is 18.3. The zero-order chi connectivity index (χ0) is 44.5. The monoisotopic (exact) mass is 856 g/mol. The Kier molecular flexibility index (Phi) is 10.1. The predicted molar refractivity (Wildman–Crippen MR) is 273 cm³/mol. The number of aromatic nitrogens is 6. The third-order valence-electron chi connectivity index (χ3n) is 12.4. The second-order valence-corrected chi connectivity index (χ2v) is 16.5. The number of para-hydroxylation sites is 1. The van der Waals surface area contributed by atoms with Gasteiger partial charge in [0.25, 0.3) is 0 Å². The summed E-state index contributed by atoms with van der Waals surface area (Å²) in [5.74, 6) is 0.666. The van der Waals surface area contributed by atoms with E-state index in [1.54, 1.807) is 6.20 Å². The van der Waals surface area contributed by atoms with Crippen LogP contribution in [0.1, 0.15) is 0 Å². The SMILES string of the molecule is c1ccc(-c2cc(-c3ccc(-c4ccc5c(c4)c4cc(-c6ccc(-c7cc(-c8ccccn8)nc(-c8ccccc8)n7)cc6)ccc4n5-c4ccccc4)cc3)cc(-c3ccccn3)n2)cc1. The van der Waals surface area contributed by atoms with Crippen molar-refractivity contribution >= 4 is 21.8 Å². The standard InChI is InChI=1S/C61H40N6/c1-4-14-44(15-5-1)55-38-49(39-57(64-55)53-20-10-12-34-62-53)43-24-22-41(23-25-43)47-30-32-59-51(36-47)52-37-48(31-33-60(52)67(59)50-18-8-3-9-19-50)42-26-28-45(29-27-42)56-40-58(54-21-11-13-35-63-54)66-61(65-56)46-16-6-2-7-17-46/h1-40H. The second kappa shape index (κ2) is 17.1. The molecule has 7 aromatic carbocycles. The van der Waals surface area contributed by atoms with Gasteiger partial charge in [-0.2, -0.15) is 0 Å². The van der Waals surface area contributed by atoms with Crippen molar-refractivity contribution in [1.29, 1.82) is 0 Å². The lowest BCUT2D eigenvalue weighted by atomic mass is 9.97. The molecule has 0 amide bonds. The first-order chi connectivity index (χ1) is 33.2. The molecule has 0 saturated heterocycles. The molecule has 0 unspecified atom stereocenters. The van der Waals surface area contributed by atoms with Crippen molar-refractivity contribution in [2.75, 3.05) is 0 Å². The van der Waals surface area contributed by atoms with Gasteiger partial charge in [-0.05, 0) is 112 Å². The number of pyridine rings is 3. The van der Waals surface area contributed by atoms with Crippen molar-refractivity contribution in [2.24, 2.45) is 0 Å². The van der Waals surface area contributed by atoms with Gasteiger partial charge in [0.05, 0.1) is 45.2 Å². The van der Waals surface area contributed by atoms with Gasteiger partial charge in [-0.15, -0.1) is 0 Å². The fraction of sp³-hybridized carbons (Fsp3) is 0. The number of rotatable bonds is 9. The maximum atomic E-state index is 5.04. The van der Waals surface area contributed by atoms with Gasteiger partial charge in [0.1, 0.15) is 0 Å². The molecular formula is C61H40N6. The molecular weight excluding hydrogens is 817 g/mol. The van der Waals surface area contributed by atoms with E-state index in [0.29, 0.717) is 5.82 Å². The molecule has 0 bridgehead atoms. The van der Waals surface area contributed by atoms with Crippen LogP contribution in [0.5, 0.6) is 0 Å². The van der Waals surface area contributed by atoms with E-state index in [4.69, 9.17) is 15.0 Å². The molecule has 5 heterocycles. The molecule has 12 rings (SSSR count). The fourth-order valence-electron chi connectivity index (χ4n) is 8.98.